The third-order valence-electron chi connectivity index (χ3n) is 6.70. The van der Waals surface area contributed by atoms with E-state index in [1.807, 2.05) is 18.7 Å². The molecular weight excluding hydrogens is 336 g/mol. The van der Waals surface area contributed by atoms with Crippen molar-refractivity contribution in [3.8, 4) is 0 Å². The highest BCUT2D eigenvalue weighted by Gasteiger charge is 2.41. The van der Waals surface area contributed by atoms with Gasteiger partial charge in [0.1, 0.15) is 0 Å². The van der Waals surface area contributed by atoms with Gasteiger partial charge in [0.25, 0.3) is 0 Å². The molecule has 0 radical (unpaired) electrons. The lowest BCUT2D eigenvalue weighted by atomic mass is 9.73. The molecule has 146 valence electrons. The second-order valence-corrected chi connectivity index (χ2v) is 8.02. The Hall–Kier alpha value is -2.01. The number of amides is 2. The second kappa shape index (κ2) is 7.19. The smallest absolute Gasteiger partial charge is 0.317 e. The first-order valence-electron chi connectivity index (χ1n) is 10.5. The van der Waals surface area contributed by atoms with E-state index in [4.69, 9.17) is 0 Å². The van der Waals surface area contributed by atoms with E-state index in [0.717, 1.165) is 39.0 Å². The van der Waals surface area contributed by atoms with Crippen molar-refractivity contribution < 1.29 is 4.79 Å². The number of urea groups is 1. The fraction of sp³-hybridized carbons (Fsp3) is 0.591. The van der Waals surface area contributed by atoms with Gasteiger partial charge in [0.2, 0.25) is 0 Å². The number of aromatic amines is 1. The van der Waals surface area contributed by atoms with Gasteiger partial charge in [-0.2, -0.15) is 0 Å². The Morgan fingerprint density at radius 2 is 2.07 bits per heavy atom. The van der Waals surface area contributed by atoms with Crippen molar-refractivity contribution in [2.24, 2.45) is 0 Å². The van der Waals surface area contributed by atoms with Crippen molar-refractivity contribution in [2.45, 2.75) is 58.5 Å². The van der Waals surface area contributed by atoms with Crippen molar-refractivity contribution in [1.29, 1.82) is 0 Å². The van der Waals surface area contributed by atoms with Crippen LogP contribution in [0, 0.1) is 6.92 Å². The number of nitrogens with one attached hydrogen (secondary N) is 2. The maximum Gasteiger partial charge on any atom is 0.317 e. The summed E-state index contributed by atoms with van der Waals surface area (Å²) in [7, 11) is 0. The molecule has 2 aromatic rings. The first kappa shape index (κ1) is 18.4. The van der Waals surface area contributed by atoms with Crippen molar-refractivity contribution in [1.82, 2.24) is 20.1 Å². The number of likely N-dealkylation sites (N-methyl/N-ethyl adjacent to an activating group) is 1. The van der Waals surface area contributed by atoms with Crippen LogP contribution in [0.4, 0.5) is 4.79 Å². The van der Waals surface area contributed by atoms with Gasteiger partial charge in [-0.1, -0.05) is 19.1 Å². The fourth-order valence-corrected chi connectivity index (χ4v) is 5.31. The van der Waals surface area contributed by atoms with Gasteiger partial charge < -0.3 is 15.2 Å². The van der Waals surface area contributed by atoms with Crippen LogP contribution in [0.25, 0.3) is 10.9 Å². The first-order valence-corrected chi connectivity index (χ1v) is 10.5. The highest BCUT2D eigenvalue weighted by molar-refractivity contribution is 5.89. The molecule has 2 heterocycles. The van der Waals surface area contributed by atoms with Gasteiger partial charge in [-0.25, -0.2) is 4.79 Å². The predicted octanol–water partition coefficient (Wildman–Crippen LogP) is 3.63. The van der Waals surface area contributed by atoms with Gasteiger partial charge >= 0.3 is 6.03 Å². The zero-order chi connectivity index (χ0) is 19.1. The molecule has 1 aromatic carbocycles. The van der Waals surface area contributed by atoms with Crippen LogP contribution in [0.2, 0.25) is 0 Å². The highest BCUT2D eigenvalue weighted by atomic mass is 16.2. The summed E-state index contributed by atoms with van der Waals surface area (Å²) in [6, 6.07) is 7.48. The molecule has 5 heteroatoms. The molecule has 1 aliphatic carbocycles. The molecule has 1 fully saturated rings. The molecule has 4 rings (SSSR count). The monoisotopic (exact) mass is 368 g/mol. The SMILES string of the molecule is CCN(CC)C(=O)N[C@H]1C[C@@H]2c3cccc4[nH]c(C)c(c34)C[C@H]2N(CC)C1. The van der Waals surface area contributed by atoms with Crippen molar-refractivity contribution in [3.63, 3.8) is 0 Å². The molecule has 1 aliphatic heterocycles. The minimum Gasteiger partial charge on any atom is -0.358 e. The number of fused-ring (bicyclic) bond motifs is 2. The molecule has 27 heavy (non-hydrogen) atoms. The fourth-order valence-electron chi connectivity index (χ4n) is 5.31. The van der Waals surface area contributed by atoms with Crippen LogP contribution in [-0.4, -0.2) is 59.1 Å². The van der Waals surface area contributed by atoms with E-state index in [0.29, 0.717) is 12.0 Å². The number of carbonyl (C=O) groups excluding carboxylic acids is 1. The molecular formula is C22H32N4O. The van der Waals surface area contributed by atoms with Gasteiger partial charge in [0.05, 0.1) is 0 Å². The molecule has 2 amide bonds. The number of aryl methyl sites for hydroxylation is 1. The molecule has 1 aromatic heterocycles. The molecule has 0 unspecified atom stereocenters. The maximum absolute atomic E-state index is 12.6. The average Bonchev–Trinajstić information content (AvgIpc) is 2.99. The summed E-state index contributed by atoms with van der Waals surface area (Å²) < 4.78 is 0. The first-order chi connectivity index (χ1) is 13.1. The van der Waals surface area contributed by atoms with Crippen molar-refractivity contribution in [3.05, 3.63) is 35.0 Å². The zero-order valence-electron chi connectivity index (χ0n) is 17.0. The molecule has 0 bridgehead atoms. The average molecular weight is 369 g/mol. The summed E-state index contributed by atoms with van der Waals surface area (Å²) >= 11 is 0. The van der Waals surface area contributed by atoms with E-state index in [-0.39, 0.29) is 12.1 Å². The molecule has 3 atom stereocenters. The van der Waals surface area contributed by atoms with Crippen LogP contribution in [0.1, 0.15) is 49.9 Å². The van der Waals surface area contributed by atoms with E-state index in [9.17, 15) is 4.79 Å². The Balaban J connectivity index is 1.65. The number of rotatable bonds is 4. The Morgan fingerprint density at radius 3 is 2.78 bits per heavy atom. The third-order valence-corrected chi connectivity index (χ3v) is 6.70. The predicted molar refractivity (Wildman–Crippen MR) is 110 cm³/mol. The second-order valence-electron chi connectivity index (χ2n) is 8.02. The van der Waals surface area contributed by atoms with Gasteiger partial charge in [0, 0.05) is 54.2 Å². The quantitative estimate of drug-likeness (QED) is 0.866. The van der Waals surface area contributed by atoms with Crippen molar-refractivity contribution in [2.75, 3.05) is 26.2 Å². The molecule has 2 aliphatic rings. The van der Waals surface area contributed by atoms with Crippen LogP contribution >= 0.6 is 0 Å². The molecule has 0 spiro atoms. The number of benzene rings is 1. The summed E-state index contributed by atoms with van der Waals surface area (Å²) in [4.78, 5) is 20.6. The van der Waals surface area contributed by atoms with Gasteiger partial charge in [-0.05, 0) is 57.4 Å². The number of carbonyl (C=O) groups is 1. The number of likely N-dealkylation sites (tertiary alicyclic amines) is 1. The highest BCUT2D eigenvalue weighted by Crippen LogP contribution is 2.44. The molecule has 2 N–H and O–H groups in total. The van der Waals surface area contributed by atoms with Gasteiger partial charge in [0.15, 0.2) is 0 Å². The lowest BCUT2D eigenvalue weighted by molar-refractivity contribution is 0.103. The molecule has 5 nitrogen and oxygen atoms in total. The minimum absolute atomic E-state index is 0.0756. The van der Waals surface area contributed by atoms with E-state index >= 15 is 0 Å². The summed E-state index contributed by atoms with van der Waals surface area (Å²) in [5, 5.41) is 4.75. The number of H-pyrrole nitrogens is 1. The minimum atomic E-state index is 0.0756. The number of piperidine rings is 1. The zero-order valence-corrected chi connectivity index (χ0v) is 17.0. The number of hydrogen-bond donors (Lipinski definition) is 2. The van der Waals surface area contributed by atoms with Crippen LogP contribution < -0.4 is 5.32 Å². The van der Waals surface area contributed by atoms with E-state index in [1.54, 1.807) is 0 Å². The lowest BCUT2D eigenvalue weighted by Gasteiger charge is -2.47. The normalized spacial score (nSPS) is 24.7. The summed E-state index contributed by atoms with van der Waals surface area (Å²) in [6.45, 7) is 12.0. The Morgan fingerprint density at radius 1 is 1.30 bits per heavy atom. The Kier molecular flexibility index (Phi) is 4.89. The van der Waals surface area contributed by atoms with Gasteiger partial charge in [-0.15, -0.1) is 0 Å². The summed E-state index contributed by atoms with van der Waals surface area (Å²) in [5.41, 5.74) is 5.52. The van der Waals surface area contributed by atoms with E-state index in [1.165, 1.54) is 27.7 Å². The standard InChI is InChI=1S/C22H32N4O/c1-5-25(6-2)22(27)24-15-11-18-16-9-8-10-19-21(16)17(14(4)23-19)12-20(18)26(7-3)13-15/h8-10,15,18,20,23H,5-7,11-13H2,1-4H3,(H,24,27)/t15-,18+,20+/m0/s1. The van der Waals surface area contributed by atoms with E-state index in [2.05, 4.69) is 47.2 Å². The molecule has 1 saturated heterocycles. The Bertz CT molecular complexity index is 838. The molecule has 0 saturated carbocycles. The van der Waals surface area contributed by atoms with Crippen LogP contribution in [0.5, 0.6) is 0 Å². The number of nitrogens with zero attached hydrogens (tertiary/aromatic N) is 2. The van der Waals surface area contributed by atoms with Crippen LogP contribution in [0.15, 0.2) is 18.2 Å². The van der Waals surface area contributed by atoms with Crippen molar-refractivity contribution >= 4 is 16.9 Å². The van der Waals surface area contributed by atoms with E-state index < -0.39 is 0 Å². The topological polar surface area (TPSA) is 51.4 Å². The lowest BCUT2D eigenvalue weighted by Crippen LogP contribution is -2.57. The third kappa shape index (κ3) is 3.02. The largest absolute Gasteiger partial charge is 0.358 e. The summed E-state index contributed by atoms with van der Waals surface area (Å²) in [6.07, 6.45) is 2.13. The Labute approximate surface area is 162 Å². The van der Waals surface area contributed by atoms with Crippen LogP contribution in [0.3, 0.4) is 0 Å². The van der Waals surface area contributed by atoms with Gasteiger partial charge in [-0.3, -0.25) is 4.90 Å². The number of hydrogen-bond acceptors (Lipinski definition) is 2. The van der Waals surface area contributed by atoms with Crippen LogP contribution in [-0.2, 0) is 6.42 Å². The number of aromatic nitrogens is 1. The summed E-state index contributed by atoms with van der Waals surface area (Å²) in [5.74, 6) is 0.479. The maximum atomic E-state index is 12.6.